The maximum Gasteiger partial charge on any atom is 0.263 e. The highest BCUT2D eigenvalue weighted by molar-refractivity contribution is 7.92. The molecule has 0 saturated carbocycles. The van der Waals surface area contributed by atoms with Gasteiger partial charge in [0, 0.05) is 12.2 Å². The Bertz CT molecular complexity index is 1060. The Morgan fingerprint density at radius 3 is 2.54 bits per heavy atom. The largest absolute Gasteiger partial charge is 0.340 e. The molecule has 0 unspecified atom stereocenters. The van der Waals surface area contributed by atoms with Crippen LogP contribution in [0.1, 0.15) is 24.5 Å². The Morgan fingerprint density at radius 2 is 1.82 bits per heavy atom. The molecule has 5 nitrogen and oxygen atoms in total. The average Bonchev–Trinajstić information content (AvgIpc) is 2.74. The number of sulfonamides is 1. The van der Waals surface area contributed by atoms with Crippen LogP contribution in [0.4, 0.5) is 17.2 Å². The van der Waals surface area contributed by atoms with Crippen LogP contribution in [0.2, 0.25) is 0 Å². The Hall–Kier alpha value is -2.86. The van der Waals surface area contributed by atoms with E-state index in [1.807, 2.05) is 31.2 Å². The van der Waals surface area contributed by atoms with E-state index in [0.717, 1.165) is 37.1 Å². The molecule has 144 valence electrons. The quantitative estimate of drug-likeness (QED) is 0.692. The lowest BCUT2D eigenvalue weighted by atomic mass is 10.0. The van der Waals surface area contributed by atoms with Crippen molar-refractivity contribution in [1.82, 2.24) is 4.98 Å². The molecule has 0 atom stereocenters. The Labute approximate surface area is 166 Å². The molecule has 0 amide bonds. The van der Waals surface area contributed by atoms with Gasteiger partial charge in [-0.3, -0.25) is 4.72 Å². The molecule has 1 N–H and O–H groups in total. The fraction of sp³-hybridized carbons (Fsp3) is 0.227. The monoisotopic (exact) mass is 393 g/mol. The zero-order chi connectivity index (χ0) is 19.6. The van der Waals surface area contributed by atoms with Crippen LogP contribution in [-0.4, -0.2) is 19.9 Å². The molecule has 6 heteroatoms. The number of rotatable bonds is 5. The van der Waals surface area contributed by atoms with E-state index in [9.17, 15) is 8.42 Å². The molecule has 3 aromatic rings. The minimum atomic E-state index is -3.65. The zero-order valence-corrected chi connectivity index (χ0v) is 16.6. The van der Waals surface area contributed by atoms with E-state index < -0.39 is 10.0 Å². The van der Waals surface area contributed by atoms with Gasteiger partial charge in [0.1, 0.15) is 5.82 Å². The summed E-state index contributed by atoms with van der Waals surface area (Å²) in [6.45, 7) is 2.96. The van der Waals surface area contributed by atoms with Crippen LogP contribution < -0.4 is 9.62 Å². The number of nitrogens with zero attached hydrogens (tertiary/aromatic N) is 2. The summed E-state index contributed by atoms with van der Waals surface area (Å²) in [6.07, 6.45) is 4.75. The number of nitrogens with one attached hydrogen (secondary N) is 1. The fourth-order valence-corrected chi connectivity index (χ4v) is 4.52. The minimum Gasteiger partial charge on any atom is -0.340 e. The van der Waals surface area contributed by atoms with Crippen molar-refractivity contribution in [3.8, 4) is 0 Å². The summed E-state index contributed by atoms with van der Waals surface area (Å²) < 4.78 is 27.7. The fourth-order valence-electron chi connectivity index (χ4n) is 3.51. The number of pyridine rings is 1. The van der Waals surface area contributed by atoms with E-state index in [4.69, 9.17) is 0 Å². The van der Waals surface area contributed by atoms with E-state index in [1.165, 1.54) is 11.3 Å². The first-order chi connectivity index (χ1) is 13.6. The average molecular weight is 394 g/mol. The van der Waals surface area contributed by atoms with Gasteiger partial charge >= 0.3 is 0 Å². The number of benzene rings is 2. The van der Waals surface area contributed by atoms with Crippen molar-refractivity contribution >= 4 is 27.2 Å². The molecule has 0 aliphatic carbocycles. The molecular weight excluding hydrogens is 370 g/mol. The van der Waals surface area contributed by atoms with Gasteiger partial charge < -0.3 is 4.90 Å². The first kappa shape index (κ1) is 18.5. The number of hydrogen-bond acceptors (Lipinski definition) is 4. The van der Waals surface area contributed by atoms with Gasteiger partial charge in [-0.05, 0) is 60.7 Å². The highest BCUT2D eigenvalue weighted by atomic mass is 32.2. The maximum absolute atomic E-state index is 12.6. The second-order valence-electron chi connectivity index (χ2n) is 6.89. The predicted molar refractivity (Wildman–Crippen MR) is 113 cm³/mol. The lowest BCUT2D eigenvalue weighted by molar-refractivity contribution is 0.601. The third kappa shape index (κ3) is 3.73. The summed E-state index contributed by atoms with van der Waals surface area (Å²) in [5.74, 6) is 0.314. The van der Waals surface area contributed by atoms with Crippen LogP contribution >= 0.6 is 0 Å². The highest BCUT2D eigenvalue weighted by Crippen LogP contribution is 2.33. The second-order valence-corrected chi connectivity index (χ2v) is 8.57. The molecule has 4 rings (SSSR count). The SMILES string of the molecule is CCc1ccc(S(=O)(=O)Nc2ccc(N3CCCc4ccccc43)cn2)cc1. The number of para-hydroxylation sites is 1. The zero-order valence-electron chi connectivity index (χ0n) is 15.8. The molecular formula is C22H23N3O2S. The van der Waals surface area contributed by atoms with Gasteiger partial charge in [0.25, 0.3) is 10.0 Å². The van der Waals surface area contributed by atoms with Gasteiger partial charge in [-0.15, -0.1) is 0 Å². The number of aromatic nitrogens is 1. The summed E-state index contributed by atoms with van der Waals surface area (Å²) in [7, 11) is -3.65. The molecule has 0 saturated heterocycles. The minimum absolute atomic E-state index is 0.237. The van der Waals surface area contributed by atoms with Crippen LogP contribution in [0.25, 0.3) is 0 Å². The van der Waals surface area contributed by atoms with Crippen molar-refractivity contribution in [1.29, 1.82) is 0 Å². The molecule has 0 radical (unpaired) electrons. The van der Waals surface area contributed by atoms with Crippen molar-refractivity contribution in [3.05, 3.63) is 78.0 Å². The van der Waals surface area contributed by atoms with Crippen molar-refractivity contribution in [3.63, 3.8) is 0 Å². The van der Waals surface area contributed by atoms with Crippen LogP contribution in [-0.2, 0) is 22.9 Å². The second kappa shape index (κ2) is 7.64. The van der Waals surface area contributed by atoms with Gasteiger partial charge in [0.05, 0.1) is 16.8 Å². The Morgan fingerprint density at radius 1 is 1.04 bits per heavy atom. The summed E-state index contributed by atoms with van der Waals surface area (Å²) in [4.78, 5) is 6.81. The van der Waals surface area contributed by atoms with Crippen molar-refractivity contribution in [2.24, 2.45) is 0 Å². The summed E-state index contributed by atoms with van der Waals surface area (Å²) >= 11 is 0. The maximum atomic E-state index is 12.6. The Balaban J connectivity index is 1.54. The van der Waals surface area contributed by atoms with Crippen molar-refractivity contribution in [2.75, 3.05) is 16.2 Å². The van der Waals surface area contributed by atoms with Crippen molar-refractivity contribution < 1.29 is 8.42 Å². The highest BCUT2D eigenvalue weighted by Gasteiger charge is 2.19. The molecule has 1 aromatic heterocycles. The van der Waals surface area contributed by atoms with Crippen LogP contribution in [0.5, 0.6) is 0 Å². The van der Waals surface area contributed by atoms with E-state index in [2.05, 4.69) is 32.8 Å². The molecule has 0 bridgehead atoms. The summed E-state index contributed by atoms with van der Waals surface area (Å²) in [6, 6.07) is 18.9. The number of fused-ring (bicyclic) bond motifs is 1. The smallest absolute Gasteiger partial charge is 0.263 e. The van der Waals surface area contributed by atoms with E-state index >= 15 is 0 Å². The van der Waals surface area contributed by atoms with Gasteiger partial charge in [-0.1, -0.05) is 37.3 Å². The summed E-state index contributed by atoms with van der Waals surface area (Å²) in [5.41, 5.74) is 4.58. The Kier molecular flexibility index (Phi) is 5.05. The van der Waals surface area contributed by atoms with Gasteiger partial charge in [-0.25, -0.2) is 13.4 Å². The lowest BCUT2D eigenvalue weighted by Gasteiger charge is -2.31. The standard InChI is InChI=1S/C22H23N3O2S/c1-2-17-9-12-20(13-10-17)28(26,27)24-22-14-11-19(16-23-22)25-15-5-7-18-6-3-4-8-21(18)25/h3-4,6,8-14,16H,2,5,7,15H2,1H3,(H,23,24). The molecule has 2 aromatic carbocycles. The normalized spacial score (nSPS) is 13.8. The van der Waals surface area contributed by atoms with E-state index in [0.29, 0.717) is 5.82 Å². The van der Waals surface area contributed by atoms with E-state index in [-0.39, 0.29) is 4.90 Å². The molecule has 0 fully saturated rings. The third-order valence-electron chi connectivity index (χ3n) is 5.05. The third-order valence-corrected chi connectivity index (χ3v) is 6.42. The number of anilines is 3. The van der Waals surface area contributed by atoms with E-state index in [1.54, 1.807) is 24.4 Å². The molecule has 1 aliphatic heterocycles. The topological polar surface area (TPSA) is 62.3 Å². The molecule has 28 heavy (non-hydrogen) atoms. The molecule has 2 heterocycles. The van der Waals surface area contributed by atoms with Crippen LogP contribution in [0, 0.1) is 0 Å². The number of hydrogen-bond donors (Lipinski definition) is 1. The van der Waals surface area contributed by atoms with Crippen molar-refractivity contribution in [2.45, 2.75) is 31.1 Å². The molecule has 0 spiro atoms. The van der Waals surface area contributed by atoms with Gasteiger partial charge in [0.2, 0.25) is 0 Å². The number of aryl methyl sites for hydroxylation is 2. The van der Waals surface area contributed by atoms with Gasteiger partial charge in [0.15, 0.2) is 0 Å². The first-order valence-electron chi connectivity index (χ1n) is 9.50. The lowest BCUT2D eigenvalue weighted by Crippen LogP contribution is -2.24. The summed E-state index contributed by atoms with van der Waals surface area (Å²) in [5, 5.41) is 0. The molecule has 1 aliphatic rings. The van der Waals surface area contributed by atoms with Crippen LogP contribution in [0.15, 0.2) is 71.8 Å². The predicted octanol–water partition coefficient (Wildman–Crippen LogP) is 4.53. The van der Waals surface area contributed by atoms with Gasteiger partial charge in [-0.2, -0.15) is 0 Å². The van der Waals surface area contributed by atoms with Crippen LogP contribution in [0.3, 0.4) is 0 Å². The first-order valence-corrected chi connectivity index (χ1v) is 11.0.